The van der Waals surface area contributed by atoms with Gasteiger partial charge < -0.3 is 44.7 Å². The van der Waals surface area contributed by atoms with E-state index in [1.54, 1.807) is 48.4 Å². The number of likely N-dealkylation sites (tertiary alicyclic amines) is 1. The van der Waals surface area contributed by atoms with Crippen molar-refractivity contribution in [3.8, 4) is 11.4 Å². The average molecular weight is 1000 g/mol. The Kier molecular flexibility index (Phi) is 16.5. The predicted octanol–water partition coefficient (Wildman–Crippen LogP) is 4.54. The van der Waals surface area contributed by atoms with Crippen molar-refractivity contribution in [2.24, 2.45) is 5.92 Å². The van der Waals surface area contributed by atoms with E-state index in [-0.39, 0.29) is 55.9 Å². The van der Waals surface area contributed by atoms with Gasteiger partial charge in [-0.15, -0.1) is 10.2 Å². The Morgan fingerprint density at radius 2 is 1.66 bits per heavy atom. The zero-order chi connectivity index (χ0) is 50.8. The highest BCUT2D eigenvalue weighted by atomic mass is 16.5. The minimum Gasteiger partial charge on any atom is -0.495 e. The second kappa shape index (κ2) is 23.7. The first-order chi connectivity index (χ1) is 35.6. The lowest BCUT2D eigenvalue weighted by Crippen LogP contribution is -2.47. The Morgan fingerprint density at radius 1 is 0.877 bits per heavy atom. The summed E-state index contributed by atoms with van der Waals surface area (Å²) in [6.07, 6.45) is 12.1. The SMILES string of the molecule is CC[C@@H]1c2nnc(C)n2-c2cnc(Nc3ccc(C(=O)NC4CCN(C(=O)COCCOCCOCCNc5ccc6c(=O)n(C7CCC(=O)NC7=O)ncc6c5)CC4)cc3OC)nc2N1CC1CCCCC1. The van der Waals surface area contributed by atoms with Crippen LogP contribution >= 0.6 is 0 Å². The van der Waals surface area contributed by atoms with Gasteiger partial charge in [-0.2, -0.15) is 10.1 Å². The number of aromatic nitrogens is 7. The molecule has 3 fully saturated rings. The first kappa shape index (κ1) is 50.9. The molecule has 2 atom stereocenters. The summed E-state index contributed by atoms with van der Waals surface area (Å²) in [5.74, 6) is 2.84. The molecule has 1 unspecified atom stereocenters. The molecule has 4 aliphatic rings. The normalized spacial score (nSPS) is 18.3. The van der Waals surface area contributed by atoms with Gasteiger partial charge in [0.05, 0.1) is 69.7 Å². The lowest BCUT2D eigenvalue weighted by atomic mass is 9.88. The molecular weight excluding hydrogens is 939 g/mol. The van der Waals surface area contributed by atoms with Gasteiger partial charge >= 0.3 is 0 Å². The van der Waals surface area contributed by atoms with Crippen molar-refractivity contribution >= 4 is 57.5 Å². The molecule has 4 amide bonds. The Labute approximate surface area is 422 Å². The third-order valence-corrected chi connectivity index (χ3v) is 14.1. The van der Waals surface area contributed by atoms with Crippen LogP contribution in [0.2, 0.25) is 0 Å². The van der Waals surface area contributed by atoms with Crippen LogP contribution in [0, 0.1) is 12.8 Å². The van der Waals surface area contributed by atoms with Crippen LogP contribution in [0.15, 0.2) is 53.6 Å². The minimum atomic E-state index is -0.817. The number of anilines is 4. The van der Waals surface area contributed by atoms with Crippen LogP contribution in [0.1, 0.15) is 105 Å². The average Bonchev–Trinajstić information content (AvgIpc) is 3.79. The van der Waals surface area contributed by atoms with Gasteiger partial charge in [0.25, 0.3) is 17.4 Å². The van der Waals surface area contributed by atoms with Gasteiger partial charge in [0.2, 0.25) is 17.8 Å². The van der Waals surface area contributed by atoms with Crippen LogP contribution in [0.3, 0.4) is 0 Å². The lowest BCUT2D eigenvalue weighted by molar-refractivity contribution is -0.138. The second-order valence-corrected chi connectivity index (χ2v) is 19.0. The molecule has 1 saturated carbocycles. The van der Waals surface area contributed by atoms with Gasteiger partial charge in [-0.3, -0.25) is 33.9 Å². The molecule has 6 heterocycles. The number of nitrogens with zero attached hydrogens (tertiary/aromatic N) is 9. The number of hydrogen-bond donors (Lipinski definition) is 4. The van der Waals surface area contributed by atoms with E-state index in [2.05, 4.69) is 53.0 Å². The predicted molar refractivity (Wildman–Crippen MR) is 270 cm³/mol. The number of piperidine rings is 2. The molecule has 1 aliphatic carbocycles. The molecule has 73 heavy (non-hydrogen) atoms. The molecule has 22 nitrogen and oxygen atoms in total. The molecule has 3 aromatic heterocycles. The number of methoxy groups -OCH3 is 1. The van der Waals surface area contributed by atoms with Crippen molar-refractivity contribution in [2.75, 3.05) is 88.5 Å². The first-order valence-corrected chi connectivity index (χ1v) is 25.5. The molecule has 0 bridgehead atoms. The fraction of sp³-hybridized carbons (Fsp3) is 0.529. The van der Waals surface area contributed by atoms with Gasteiger partial charge in [0.1, 0.15) is 29.9 Å². The number of carbonyl (C=O) groups excluding carboxylic acids is 4. The van der Waals surface area contributed by atoms with Crippen LogP contribution in [-0.2, 0) is 28.6 Å². The maximum Gasteiger partial charge on any atom is 0.275 e. The molecule has 0 spiro atoms. The summed E-state index contributed by atoms with van der Waals surface area (Å²) in [5, 5.41) is 26.3. The highest BCUT2D eigenvalue weighted by Gasteiger charge is 2.37. The number of amides is 4. The smallest absolute Gasteiger partial charge is 0.275 e. The standard InChI is InChI=1S/C51H65N13O9/c1-4-40-47-60-59-32(2)63(47)42-29-53-51(58-46(42)62(40)30-33-8-6-5-7-9-33)56-39-13-10-34(27-43(39)70-3)48(67)55-36-16-19-61(20-17-36)45(66)31-73-25-24-72-23-22-71-21-18-52-37-11-12-38-35(26-37)28-54-64(50(38)69)41-14-15-44(65)57-49(41)68/h10-13,26-29,33,36,40-41,52H,4-9,14-25,30-31H2,1-3H3,(H,55,67)(H,53,56,58)(H,57,65,68)/t40-,41?/m1/s1. The Balaban J connectivity index is 0.657. The summed E-state index contributed by atoms with van der Waals surface area (Å²) in [6, 6.07) is 9.67. The van der Waals surface area contributed by atoms with Gasteiger partial charge in [0.15, 0.2) is 11.6 Å². The maximum atomic E-state index is 13.5. The van der Waals surface area contributed by atoms with E-state index >= 15 is 0 Å². The van der Waals surface area contributed by atoms with E-state index in [0.29, 0.717) is 98.5 Å². The molecule has 0 radical (unpaired) electrons. The fourth-order valence-corrected chi connectivity index (χ4v) is 10.2. The number of rotatable bonds is 21. The summed E-state index contributed by atoms with van der Waals surface area (Å²) in [6.45, 7) is 8.23. The highest BCUT2D eigenvalue weighted by molar-refractivity contribution is 5.99. The molecule has 22 heteroatoms. The fourth-order valence-electron chi connectivity index (χ4n) is 10.2. The van der Waals surface area contributed by atoms with E-state index in [4.69, 9.17) is 28.9 Å². The number of fused-ring (bicyclic) bond motifs is 4. The van der Waals surface area contributed by atoms with Crippen molar-refractivity contribution in [3.05, 3.63) is 76.4 Å². The highest BCUT2D eigenvalue weighted by Crippen LogP contribution is 2.41. The van der Waals surface area contributed by atoms with E-state index in [1.165, 1.54) is 38.3 Å². The van der Waals surface area contributed by atoms with E-state index < -0.39 is 17.5 Å². The first-order valence-electron chi connectivity index (χ1n) is 25.5. The zero-order valence-corrected chi connectivity index (χ0v) is 41.8. The van der Waals surface area contributed by atoms with Crippen molar-refractivity contribution in [2.45, 2.75) is 96.2 Å². The molecule has 3 aliphatic heterocycles. The third kappa shape index (κ3) is 11.9. The molecule has 2 saturated heterocycles. The van der Waals surface area contributed by atoms with Crippen molar-refractivity contribution in [1.29, 1.82) is 0 Å². The van der Waals surface area contributed by atoms with Crippen molar-refractivity contribution in [1.82, 2.24) is 50.0 Å². The summed E-state index contributed by atoms with van der Waals surface area (Å²) in [5.41, 5.74) is 2.34. The van der Waals surface area contributed by atoms with Gasteiger partial charge in [0, 0.05) is 55.3 Å². The Hall–Kier alpha value is -7.04. The monoisotopic (exact) mass is 1000 g/mol. The number of ether oxygens (including phenoxy) is 4. The second-order valence-electron chi connectivity index (χ2n) is 19.0. The number of aryl methyl sites for hydroxylation is 1. The molecule has 4 N–H and O–H groups in total. The van der Waals surface area contributed by atoms with Crippen molar-refractivity contribution in [3.63, 3.8) is 0 Å². The van der Waals surface area contributed by atoms with E-state index in [0.717, 1.165) is 46.5 Å². The van der Waals surface area contributed by atoms with Crippen LogP contribution in [0.5, 0.6) is 5.75 Å². The number of benzene rings is 2. The Morgan fingerprint density at radius 3 is 2.42 bits per heavy atom. The van der Waals surface area contributed by atoms with Crippen molar-refractivity contribution < 1.29 is 38.1 Å². The molecule has 388 valence electrons. The number of carbonyl (C=O) groups is 4. The number of imide groups is 1. The summed E-state index contributed by atoms with van der Waals surface area (Å²) >= 11 is 0. The quantitative estimate of drug-likeness (QED) is 0.0582. The van der Waals surface area contributed by atoms with Gasteiger partial charge in [-0.05, 0) is 87.8 Å². The molecule has 5 aromatic rings. The largest absolute Gasteiger partial charge is 0.495 e. The Bertz CT molecular complexity index is 2840. The topological polar surface area (TPSA) is 251 Å². The van der Waals surface area contributed by atoms with Crippen LogP contribution in [0.4, 0.5) is 23.1 Å². The number of nitrogens with one attached hydrogen (secondary N) is 4. The third-order valence-electron chi connectivity index (χ3n) is 14.1. The lowest BCUT2D eigenvalue weighted by Gasteiger charge is -2.39. The van der Waals surface area contributed by atoms with Gasteiger partial charge in [-0.1, -0.05) is 26.2 Å². The minimum absolute atomic E-state index is 0.0427. The maximum absolute atomic E-state index is 13.5. The summed E-state index contributed by atoms with van der Waals surface area (Å²) in [4.78, 5) is 77.2. The summed E-state index contributed by atoms with van der Waals surface area (Å²) < 4.78 is 25.8. The number of hydrogen-bond acceptors (Lipinski definition) is 17. The summed E-state index contributed by atoms with van der Waals surface area (Å²) in [7, 11) is 1.57. The molecule has 2 aromatic carbocycles. The van der Waals surface area contributed by atoms with Gasteiger partial charge in [-0.25, -0.2) is 9.67 Å². The van der Waals surface area contributed by atoms with Crippen LogP contribution < -0.4 is 36.5 Å². The molecular formula is C51H65N13O9. The molecule has 9 rings (SSSR count). The zero-order valence-electron chi connectivity index (χ0n) is 41.8. The van der Waals surface area contributed by atoms with Crippen LogP contribution in [-0.4, -0.2) is 142 Å². The van der Waals surface area contributed by atoms with E-state index in [1.807, 2.05) is 13.1 Å². The van der Waals surface area contributed by atoms with E-state index in [9.17, 15) is 24.0 Å². The van der Waals surface area contributed by atoms with Crippen LogP contribution in [0.25, 0.3) is 16.5 Å².